The van der Waals surface area contributed by atoms with Crippen molar-refractivity contribution in [3.8, 4) is 0 Å². The summed E-state index contributed by atoms with van der Waals surface area (Å²) in [6.07, 6.45) is -12.5. The summed E-state index contributed by atoms with van der Waals surface area (Å²) in [5.74, 6) is 2.05. The van der Waals surface area contributed by atoms with Crippen molar-refractivity contribution in [1.82, 2.24) is 29.9 Å². The van der Waals surface area contributed by atoms with E-state index in [1.54, 1.807) is 65.1 Å². The zero-order chi connectivity index (χ0) is 73.5. The molecule has 0 atom stereocenters. The number of nitrogens with two attached hydrogens (primary N) is 1. The number of anilines is 4. The maximum atomic E-state index is 12.8. The van der Waals surface area contributed by atoms with E-state index < -0.39 is 58.7 Å². The van der Waals surface area contributed by atoms with Gasteiger partial charge in [-0.3, -0.25) is 19.3 Å². The third-order valence-electron chi connectivity index (χ3n) is 13.3. The number of halogens is 14. The summed E-state index contributed by atoms with van der Waals surface area (Å²) in [7, 11) is 0. The van der Waals surface area contributed by atoms with Gasteiger partial charge in [-0.2, -0.15) is 52.7 Å². The van der Waals surface area contributed by atoms with Crippen LogP contribution in [-0.2, 0) is 49.1 Å². The van der Waals surface area contributed by atoms with Gasteiger partial charge in [-0.1, -0.05) is 48.5 Å². The van der Waals surface area contributed by atoms with E-state index in [0.29, 0.717) is 76.8 Å². The van der Waals surface area contributed by atoms with Gasteiger partial charge in [-0.15, -0.1) is 0 Å². The molecule has 29 heteroatoms. The summed E-state index contributed by atoms with van der Waals surface area (Å²) in [5, 5.41) is 7.24. The average Bonchev–Trinajstić information content (AvgIpc) is 1.31. The number of aryl methyl sites for hydroxylation is 4. The number of H-pyrrole nitrogens is 1. The van der Waals surface area contributed by atoms with Crippen molar-refractivity contribution in [3.63, 3.8) is 0 Å². The number of carbonyl (C=O) groups is 4. The maximum absolute atomic E-state index is 12.8. The molecule has 0 bridgehead atoms. The number of fused-ring (bicyclic) bond motifs is 1. The summed E-state index contributed by atoms with van der Waals surface area (Å²) in [6, 6.07) is 38.1. The predicted octanol–water partition coefficient (Wildman–Crippen LogP) is 19.6. The highest BCUT2D eigenvalue weighted by molar-refractivity contribution is 9.10. The molecule has 0 radical (unpaired) electrons. The minimum absolute atomic E-state index is 0.0417. The lowest BCUT2D eigenvalue weighted by atomic mass is 10.1. The van der Waals surface area contributed by atoms with Gasteiger partial charge in [-0.05, 0) is 212 Å². The van der Waals surface area contributed by atoms with E-state index in [-0.39, 0.29) is 17.9 Å². The number of benzene rings is 4. The second-order valence-electron chi connectivity index (χ2n) is 22.0. The number of hydrogen-bond donors (Lipinski definition) is 4. The van der Waals surface area contributed by atoms with Gasteiger partial charge in [0.05, 0.1) is 51.6 Å². The Kier molecular flexibility index (Phi) is 29.0. The molecule has 6 heterocycles. The van der Waals surface area contributed by atoms with Crippen LogP contribution in [0.25, 0.3) is 11.0 Å². The Morgan fingerprint density at radius 2 is 0.919 bits per heavy atom. The lowest BCUT2D eigenvalue weighted by molar-refractivity contribution is -0.138. The van der Waals surface area contributed by atoms with E-state index in [4.69, 9.17) is 10.5 Å². The number of aromatic amines is 1. The zero-order valence-electron chi connectivity index (χ0n) is 53.7. The molecule has 0 saturated heterocycles. The molecule has 4 aromatic carbocycles. The molecule has 0 fully saturated rings. The van der Waals surface area contributed by atoms with Crippen molar-refractivity contribution in [1.29, 1.82) is 0 Å². The third-order valence-corrected chi connectivity index (χ3v) is 15.0. The number of amides is 1. The van der Waals surface area contributed by atoms with Crippen LogP contribution in [0, 0.1) is 27.7 Å². The first-order valence-electron chi connectivity index (χ1n) is 29.2. The van der Waals surface area contributed by atoms with Gasteiger partial charge in [0.1, 0.15) is 40.8 Å². The number of aldehydes is 3. The number of nitrogens with one attached hydrogen (secondary N) is 3. The molecule has 0 unspecified atom stereocenters. The highest BCUT2D eigenvalue weighted by atomic mass is 79.9. The maximum Gasteiger partial charge on any atom is 0.416 e. The van der Waals surface area contributed by atoms with Crippen LogP contribution in [0.5, 0.6) is 0 Å². The summed E-state index contributed by atoms with van der Waals surface area (Å²) in [6.45, 7) is 13.0. The molecule has 0 aliphatic carbocycles. The van der Waals surface area contributed by atoms with E-state index >= 15 is 0 Å². The number of nitrogen functional groups attached to an aromatic ring is 1. The first-order chi connectivity index (χ1) is 46.4. The Balaban J connectivity index is 0.000000224. The van der Waals surface area contributed by atoms with Gasteiger partial charge in [0.2, 0.25) is 0 Å². The van der Waals surface area contributed by atoms with Crippen molar-refractivity contribution in [2.24, 2.45) is 0 Å². The largest absolute Gasteiger partial charge is 0.443 e. The second-order valence-corrected chi connectivity index (χ2v) is 23.7. The smallest absolute Gasteiger partial charge is 0.416 e. The summed E-state index contributed by atoms with van der Waals surface area (Å²) in [5.41, 5.74) is 8.62. The Morgan fingerprint density at radius 1 is 0.505 bits per heavy atom. The highest BCUT2D eigenvalue weighted by Gasteiger charge is 2.33. The SMILES string of the molecule is Cc1nc(N(Cc2ccc(C(F)(F)F)cc2)C(=O)OC(C)(C)C)ccc1C=O.Cc1nc(N)ccc1Br.Cc1nc(NCc2ccc(C(F)(F)F)cc2)ccc1Br.Cc1nc(NCc2ccc(C(F)(F)F)cc2)ccc1C=O.O=Cc1ccc(C(F)(F)F)cc1.c1cnc2[nH]ccc2c1. The van der Waals surface area contributed by atoms with Crippen LogP contribution in [0.1, 0.15) is 114 Å². The molecule has 0 spiro atoms. The van der Waals surface area contributed by atoms with Gasteiger partial charge in [0.15, 0.2) is 12.6 Å². The van der Waals surface area contributed by atoms with Crippen molar-refractivity contribution < 1.29 is 76.6 Å². The molecular weight excluding hydrogens is 1450 g/mol. The molecule has 0 saturated carbocycles. The molecule has 1 amide bonds. The van der Waals surface area contributed by atoms with Crippen LogP contribution < -0.4 is 21.3 Å². The second kappa shape index (κ2) is 36.0. The van der Waals surface area contributed by atoms with Gasteiger partial charge < -0.3 is 26.1 Å². The van der Waals surface area contributed by atoms with Crippen LogP contribution in [0.2, 0.25) is 0 Å². The highest BCUT2D eigenvalue weighted by Crippen LogP contribution is 2.33. The number of nitrogens with zero attached hydrogens (tertiary/aromatic N) is 6. The minimum Gasteiger partial charge on any atom is -0.443 e. The number of alkyl halides is 12. The van der Waals surface area contributed by atoms with Crippen LogP contribution >= 0.6 is 31.9 Å². The topological polar surface area (TPSA) is 211 Å². The molecule has 0 aliphatic rings. The molecule has 6 aromatic heterocycles. The standard InChI is InChI=1S/C20H21F3N2O3.C15H13F3N2O.C14H12BrF3N2.C8H5F3O.C7H6N2.C6H7BrN2/c1-13-15(12-26)7-10-17(24-13)25(18(27)28-19(2,3)4)11-14-5-8-16(9-6-14)20(21,22)23;1-10-12(9-21)4-7-14(20-10)19-8-11-2-5-13(6-3-11)15(16,17)18;1-9-12(15)6-7-13(20-9)19-8-10-2-4-11(5-3-10)14(16,17)18;9-8(10,11)7-3-1-6(5-12)2-4-7;1-2-6-3-5-9-7(6)8-4-1;1-4-5(7)2-3-6(8)9-4/h5-10,12H,11H2,1-4H3;2-7,9H,8H2,1H3,(H,19,20);2-7H,8H2,1H3,(H,19,20);1-5H;1-5H,(H,8,9);2-3H,1H3,(H2,8,9). The zero-order valence-corrected chi connectivity index (χ0v) is 56.9. The minimum atomic E-state index is -4.44. The first kappa shape index (κ1) is 79.7. The first-order valence-corrected chi connectivity index (χ1v) is 30.8. The Bertz CT molecular complexity index is 4230. The van der Waals surface area contributed by atoms with Crippen LogP contribution in [0.3, 0.4) is 0 Å². The molecule has 99 heavy (non-hydrogen) atoms. The van der Waals surface area contributed by atoms with E-state index in [9.17, 15) is 71.9 Å². The monoisotopic (exact) mass is 1510 g/mol. The summed E-state index contributed by atoms with van der Waals surface area (Å²) >= 11 is 6.67. The van der Waals surface area contributed by atoms with Crippen LogP contribution in [0.4, 0.5) is 80.8 Å². The van der Waals surface area contributed by atoms with Crippen molar-refractivity contribution in [2.45, 2.75) is 98.4 Å². The normalized spacial score (nSPS) is 11.2. The van der Waals surface area contributed by atoms with E-state index in [2.05, 4.69) is 72.4 Å². The number of rotatable bonds is 12. The van der Waals surface area contributed by atoms with E-state index in [0.717, 1.165) is 104 Å². The van der Waals surface area contributed by atoms with Crippen LogP contribution in [0.15, 0.2) is 185 Å². The fourth-order valence-electron chi connectivity index (χ4n) is 8.01. The predicted molar refractivity (Wildman–Crippen MR) is 361 cm³/mol. The molecule has 10 rings (SSSR count). The Hall–Kier alpha value is -10.0. The van der Waals surface area contributed by atoms with Crippen molar-refractivity contribution in [2.75, 3.05) is 21.3 Å². The molecule has 522 valence electrons. The number of hydrogen-bond acceptors (Lipinski definition) is 13. The number of ether oxygens (including phenoxy) is 1. The lowest BCUT2D eigenvalue weighted by Crippen LogP contribution is -2.37. The van der Waals surface area contributed by atoms with Crippen LogP contribution in [-0.4, -0.2) is 60.5 Å². The van der Waals surface area contributed by atoms with Crippen molar-refractivity contribution in [3.05, 3.63) is 264 Å². The fraction of sp³-hybridized carbons (Fsp3) is 0.214. The molecule has 15 nitrogen and oxygen atoms in total. The Morgan fingerprint density at radius 3 is 1.31 bits per heavy atom. The number of carbonyl (C=O) groups excluding carboxylic acids is 4. The van der Waals surface area contributed by atoms with E-state index in [1.165, 1.54) is 53.4 Å². The van der Waals surface area contributed by atoms with E-state index in [1.807, 2.05) is 50.4 Å². The summed E-state index contributed by atoms with van der Waals surface area (Å²) < 4.78 is 156. The number of aromatic nitrogens is 6. The average molecular weight is 1510 g/mol. The quantitative estimate of drug-likeness (QED) is 0.0663. The van der Waals surface area contributed by atoms with Gasteiger partial charge >= 0.3 is 30.8 Å². The molecule has 10 aromatic rings. The molecule has 5 N–H and O–H groups in total. The molecule has 0 aliphatic heterocycles. The van der Waals surface area contributed by atoms with Gasteiger partial charge in [-0.25, -0.2) is 29.7 Å². The number of pyridine rings is 5. The fourth-order valence-corrected chi connectivity index (χ4v) is 8.46. The third kappa shape index (κ3) is 26.7. The molecular formula is C70H64Br2F12N10O5. The summed E-state index contributed by atoms with van der Waals surface area (Å²) in [4.78, 5) is 69.5. The Labute approximate surface area is 578 Å². The van der Waals surface area contributed by atoms with Crippen molar-refractivity contribution >= 4 is 91.1 Å². The lowest BCUT2D eigenvalue weighted by Gasteiger charge is -2.27. The van der Waals surface area contributed by atoms with Gasteiger partial charge in [0, 0.05) is 56.5 Å². The van der Waals surface area contributed by atoms with Gasteiger partial charge in [0.25, 0.3) is 0 Å².